The van der Waals surface area contributed by atoms with Crippen molar-refractivity contribution in [3.63, 3.8) is 0 Å². The second-order valence-corrected chi connectivity index (χ2v) is 8.74. The Morgan fingerprint density at radius 2 is 1.68 bits per heavy atom. The fourth-order valence-corrected chi connectivity index (χ4v) is 4.04. The summed E-state index contributed by atoms with van der Waals surface area (Å²) >= 11 is 0. The van der Waals surface area contributed by atoms with Crippen molar-refractivity contribution in [2.24, 2.45) is 0 Å². The molecule has 2 aliphatic rings. The van der Waals surface area contributed by atoms with Crippen molar-refractivity contribution in [3.8, 4) is 17.2 Å². The summed E-state index contributed by atoms with van der Waals surface area (Å²) in [4.78, 5) is 42.9. The number of ether oxygens (including phenoxy) is 2. The molecule has 5 amide bonds. The maximum absolute atomic E-state index is 13.5. The molecule has 9 heteroatoms. The lowest BCUT2D eigenvalue weighted by molar-refractivity contribution is -0.136. The third kappa shape index (κ3) is 4.97. The predicted molar refractivity (Wildman–Crippen MR) is 139 cm³/mol. The van der Waals surface area contributed by atoms with Crippen LogP contribution in [0, 0.1) is 6.92 Å². The van der Waals surface area contributed by atoms with E-state index in [1.165, 1.54) is 11.0 Å². The molecule has 3 aromatic carbocycles. The van der Waals surface area contributed by atoms with Gasteiger partial charge in [0.05, 0.1) is 11.4 Å². The maximum Gasteiger partial charge on any atom is 0.343 e. The number of amides is 5. The lowest BCUT2D eigenvalue weighted by Crippen LogP contribution is -2.58. The number of nitrogens with zero attached hydrogens (tertiary/aromatic N) is 3. The number of rotatable bonds is 7. The number of anilines is 2. The van der Waals surface area contributed by atoms with E-state index in [9.17, 15) is 14.4 Å². The van der Waals surface area contributed by atoms with Gasteiger partial charge in [0.25, 0.3) is 5.91 Å². The second-order valence-electron chi connectivity index (χ2n) is 8.74. The zero-order chi connectivity index (χ0) is 25.9. The van der Waals surface area contributed by atoms with Gasteiger partial charge >= 0.3 is 12.1 Å². The van der Waals surface area contributed by atoms with Crippen LogP contribution >= 0.6 is 0 Å². The summed E-state index contributed by atoms with van der Waals surface area (Å²) in [5.41, 5.74) is 1.77. The van der Waals surface area contributed by atoms with Crippen LogP contribution in [0.15, 0.2) is 85.2 Å². The smallest absolute Gasteiger partial charge is 0.343 e. The van der Waals surface area contributed by atoms with Gasteiger partial charge in [0.1, 0.15) is 11.6 Å². The summed E-state index contributed by atoms with van der Waals surface area (Å²) in [5, 5.41) is 2.65. The molecule has 9 nitrogen and oxygen atoms in total. The molecule has 0 saturated carbocycles. The van der Waals surface area contributed by atoms with Gasteiger partial charge in [-0.25, -0.2) is 19.4 Å². The van der Waals surface area contributed by atoms with Crippen LogP contribution in [0.4, 0.5) is 21.0 Å². The van der Waals surface area contributed by atoms with Crippen molar-refractivity contribution in [2.45, 2.75) is 13.3 Å². The van der Waals surface area contributed by atoms with Crippen molar-refractivity contribution in [1.82, 2.24) is 10.2 Å². The van der Waals surface area contributed by atoms with Crippen LogP contribution in [0.5, 0.6) is 17.2 Å². The van der Waals surface area contributed by atoms with Crippen molar-refractivity contribution in [3.05, 3.63) is 90.8 Å². The summed E-state index contributed by atoms with van der Waals surface area (Å²) in [6.07, 6.45) is 0.971. The Bertz CT molecular complexity index is 1370. The molecule has 37 heavy (non-hydrogen) atoms. The number of nitrogens with one attached hydrogen (secondary N) is 1. The van der Waals surface area contributed by atoms with Gasteiger partial charge in [0.2, 0.25) is 0 Å². The van der Waals surface area contributed by atoms with E-state index in [0.717, 1.165) is 16.9 Å². The highest BCUT2D eigenvalue weighted by molar-refractivity contribution is 6.22. The highest BCUT2D eigenvalue weighted by Crippen LogP contribution is 2.37. The van der Waals surface area contributed by atoms with E-state index in [2.05, 4.69) is 11.9 Å². The lowest BCUT2D eigenvalue weighted by atomic mass is 10.2. The van der Waals surface area contributed by atoms with Crippen LogP contribution in [-0.4, -0.2) is 42.6 Å². The van der Waals surface area contributed by atoms with E-state index in [0.29, 0.717) is 30.3 Å². The molecular weight excluding hydrogens is 472 g/mol. The minimum Gasteiger partial charge on any atom is -0.480 e. The first-order chi connectivity index (χ1) is 17.9. The standard InChI is InChI=1S/C28H26N4O5/c1-19-8-6-9-21(16-19)31-20(2)29-27(34)32(28(31)35)22-12-13-24(37-23-10-4-3-5-11-23)25(17-22)36-18-26(33)30-14-7-15-30/h3-6,8-13,16-17H,2,7,14-15,18H2,1H3,(H,29,34). The van der Waals surface area contributed by atoms with Gasteiger partial charge in [0.15, 0.2) is 18.1 Å². The van der Waals surface area contributed by atoms with Gasteiger partial charge in [-0.1, -0.05) is 36.9 Å². The Kier molecular flexibility index (Phi) is 6.51. The zero-order valence-electron chi connectivity index (χ0n) is 20.3. The average molecular weight is 499 g/mol. The topological polar surface area (TPSA) is 91.4 Å². The number of likely N-dealkylation sites (tertiary alicyclic amines) is 1. The summed E-state index contributed by atoms with van der Waals surface area (Å²) in [7, 11) is 0. The minimum atomic E-state index is -0.654. The van der Waals surface area contributed by atoms with Crippen LogP contribution in [0.1, 0.15) is 12.0 Å². The van der Waals surface area contributed by atoms with Crippen LogP contribution in [0.3, 0.4) is 0 Å². The normalized spacial score (nSPS) is 15.3. The van der Waals surface area contributed by atoms with Crippen molar-refractivity contribution < 1.29 is 23.9 Å². The minimum absolute atomic E-state index is 0.143. The molecule has 2 aliphatic heterocycles. The predicted octanol–water partition coefficient (Wildman–Crippen LogP) is 5.03. The van der Waals surface area contributed by atoms with Gasteiger partial charge in [-0.05, 0) is 55.3 Å². The Hall–Kier alpha value is -4.79. The first kappa shape index (κ1) is 23.9. The summed E-state index contributed by atoms with van der Waals surface area (Å²) < 4.78 is 11.8. The average Bonchev–Trinajstić information content (AvgIpc) is 2.83. The molecule has 0 aromatic heterocycles. The molecule has 5 rings (SSSR count). The number of imide groups is 1. The number of carbonyl (C=O) groups is 3. The van der Waals surface area contributed by atoms with Crippen molar-refractivity contribution >= 4 is 29.3 Å². The molecule has 0 aliphatic carbocycles. The number of aryl methyl sites for hydroxylation is 1. The van der Waals surface area contributed by atoms with Crippen molar-refractivity contribution in [2.75, 3.05) is 29.5 Å². The zero-order valence-corrected chi connectivity index (χ0v) is 20.3. The summed E-state index contributed by atoms with van der Waals surface area (Å²) in [6.45, 7) is 6.97. The third-order valence-corrected chi connectivity index (χ3v) is 6.08. The molecular formula is C28H26N4O5. The number of hydrogen-bond acceptors (Lipinski definition) is 5. The lowest BCUT2D eigenvalue weighted by Gasteiger charge is -2.36. The number of carbonyl (C=O) groups excluding carboxylic acids is 3. The van der Waals surface area contributed by atoms with E-state index in [1.807, 2.05) is 43.3 Å². The number of para-hydroxylation sites is 1. The third-order valence-electron chi connectivity index (χ3n) is 6.08. The SMILES string of the molecule is C=C1NC(=O)N(c2ccc(Oc3ccccc3)c(OCC(=O)N3CCC3)c2)C(=O)N1c1cccc(C)c1. The number of urea groups is 2. The molecule has 0 radical (unpaired) electrons. The van der Waals surface area contributed by atoms with E-state index >= 15 is 0 Å². The fraction of sp³-hybridized carbons (Fsp3) is 0.179. The molecule has 0 spiro atoms. The van der Waals surface area contributed by atoms with Crippen LogP contribution in [0.25, 0.3) is 0 Å². The van der Waals surface area contributed by atoms with Crippen molar-refractivity contribution in [1.29, 1.82) is 0 Å². The Balaban J connectivity index is 1.47. The van der Waals surface area contributed by atoms with Gasteiger partial charge in [-0.3, -0.25) is 10.1 Å². The van der Waals surface area contributed by atoms with Crippen LogP contribution in [-0.2, 0) is 4.79 Å². The molecule has 2 fully saturated rings. The van der Waals surface area contributed by atoms with Gasteiger partial charge < -0.3 is 14.4 Å². The fourth-order valence-electron chi connectivity index (χ4n) is 4.04. The molecule has 0 atom stereocenters. The molecule has 0 unspecified atom stereocenters. The van der Waals surface area contributed by atoms with Gasteiger partial charge in [0, 0.05) is 19.2 Å². The highest BCUT2D eigenvalue weighted by Gasteiger charge is 2.37. The van der Waals surface area contributed by atoms with E-state index < -0.39 is 12.1 Å². The molecule has 2 saturated heterocycles. The van der Waals surface area contributed by atoms with E-state index in [4.69, 9.17) is 9.47 Å². The molecule has 3 aromatic rings. The van der Waals surface area contributed by atoms with E-state index in [-0.39, 0.29) is 29.8 Å². The Labute approximate surface area is 214 Å². The quantitative estimate of drug-likeness (QED) is 0.494. The van der Waals surface area contributed by atoms with Gasteiger partial charge in [-0.15, -0.1) is 0 Å². The molecule has 0 bridgehead atoms. The largest absolute Gasteiger partial charge is 0.480 e. The Morgan fingerprint density at radius 3 is 2.38 bits per heavy atom. The van der Waals surface area contributed by atoms with Gasteiger partial charge in [-0.2, -0.15) is 0 Å². The molecule has 188 valence electrons. The summed E-state index contributed by atoms with van der Waals surface area (Å²) in [6, 6.07) is 19.9. The Morgan fingerprint density at radius 1 is 0.919 bits per heavy atom. The first-order valence-corrected chi connectivity index (χ1v) is 11.9. The number of benzene rings is 3. The molecule has 1 N–H and O–H groups in total. The molecule has 2 heterocycles. The monoisotopic (exact) mass is 498 g/mol. The maximum atomic E-state index is 13.5. The first-order valence-electron chi connectivity index (χ1n) is 11.9. The number of hydrogen-bond donors (Lipinski definition) is 1. The van der Waals surface area contributed by atoms with Crippen LogP contribution < -0.4 is 24.6 Å². The van der Waals surface area contributed by atoms with E-state index in [1.54, 1.807) is 35.2 Å². The highest BCUT2D eigenvalue weighted by atomic mass is 16.5. The van der Waals surface area contributed by atoms with Crippen LogP contribution in [0.2, 0.25) is 0 Å². The summed E-state index contributed by atoms with van der Waals surface area (Å²) in [5.74, 6) is 1.15. The second kappa shape index (κ2) is 10.1.